The molecule has 3 nitrogen and oxygen atoms in total. The monoisotopic (exact) mass is 286 g/mol. The van der Waals surface area contributed by atoms with E-state index in [1.807, 2.05) is 18.2 Å². The Labute approximate surface area is 123 Å². The van der Waals surface area contributed by atoms with Gasteiger partial charge in [0.2, 0.25) is 0 Å². The molecule has 0 spiro atoms. The van der Waals surface area contributed by atoms with E-state index in [1.54, 1.807) is 17.8 Å². The standard InChI is InChI=1S/C16H18N2OS/c1-11-7-8-12(2)15(9-11)20-10-13-5-3-4-6-14(13)16(19)18-17/h3-9H,10,17H2,1-2H3,(H,18,19). The van der Waals surface area contributed by atoms with Gasteiger partial charge in [-0.15, -0.1) is 11.8 Å². The van der Waals surface area contributed by atoms with Crippen molar-refractivity contribution in [3.63, 3.8) is 0 Å². The molecule has 20 heavy (non-hydrogen) atoms. The molecule has 0 fully saturated rings. The number of aryl methyl sites for hydroxylation is 2. The molecule has 0 aliphatic carbocycles. The summed E-state index contributed by atoms with van der Waals surface area (Å²) in [5, 5.41) is 0. The summed E-state index contributed by atoms with van der Waals surface area (Å²) in [5.74, 6) is 5.71. The van der Waals surface area contributed by atoms with Gasteiger partial charge in [0.1, 0.15) is 0 Å². The molecule has 0 atom stereocenters. The van der Waals surface area contributed by atoms with E-state index in [4.69, 9.17) is 5.84 Å². The zero-order chi connectivity index (χ0) is 14.5. The first-order chi connectivity index (χ1) is 9.61. The number of nitrogens with one attached hydrogen (secondary N) is 1. The Balaban J connectivity index is 2.19. The average Bonchev–Trinajstić information content (AvgIpc) is 2.47. The minimum atomic E-state index is -0.248. The molecule has 0 saturated carbocycles. The third-order valence-electron chi connectivity index (χ3n) is 3.12. The van der Waals surface area contributed by atoms with Crippen LogP contribution >= 0.6 is 11.8 Å². The van der Waals surface area contributed by atoms with E-state index in [0.717, 1.165) is 11.3 Å². The van der Waals surface area contributed by atoms with E-state index >= 15 is 0 Å². The van der Waals surface area contributed by atoms with E-state index in [0.29, 0.717) is 5.56 Å². The first-order valence-corrected chi connectivity index (χ1v) is 7.39. The second kappa shape index (κ2) is 6.59. The molecule has 104 valence electrons. The molecular weight excluding hydrogens is 268 g/mol. The molecule has 3 N–H and O–H groups in total. The van der Waals surface area contributed by atoms with Crippen molar-refractivity contribution in [1.29, 1.82) is 0 Å². The van der Waals surface area contributed by atoms with Crippen LogP contribution < -0.4 is 11.3 Å². The highest BCUT2D eigenvalue weighted by Gasteiger charge is 2.10. The summed E-state index contributed by atoms with van der Waals surface area (Å²) in [5.41, 5.74) is 6.30. The van der Waals surface area contributed by atoms with Crippen LogP contribution in [0.25, 0.3) is 0 Å². The van der Waals surface area contributed by atoms with E-state index in [9.17, 15) is 4.79 Å². The van der Waals surface area contributed by atoms with Gasteiger partial charge in [-0.1, -0.05) is 35.9 Å². The van der Waals surface area contributed by atoms with Crippen LogP contribution in [0.15, 0.2) is 47.4 Å². The summed E-state index contributed by atoms with van der Waals surface area (Å²) in [4.78, 5) is 13.0. The zero-order valence-corrected chi connectivity index (χ0v) is 12.5. The molecule has 0 aromatic heterocycles. The van der Waals surface area contributed by atoms with Gasteiger partial charge in [-0.2, -0.15) is 0 Å². The number of rotatable bonds is 4. The van der Waals surface area contributed by atoms with Gasteiger partial charge < -0.3 is 0 Å². The molecule has 0 aliphatic heterocycles. The van der Waals surface area contributed by atoms with E-state index in [-0.39, 0.29) is 5.91 Å². The number of hydrogen-bond acceptors (Lipinski definition) is 3. The number of carbonyl (C=O) groups is 1. The van der Waals surface area contributed by atoms with Gasteiger partial charge in [0.05, 0.1) is 0 Å². The molecule has 0 heterocycles. The van der Waals surface area contributed by atoms with Gasteiger partial charge >= 0.3 is 0 Å². The lowest BCUT2D eigenvalue weighted by atomic mass is 10.1. The summed E-state index contributed by atoms with van der Waals surface area (Å²) in [6.45, 7) is 4.18. The van der Waals surface area contributed by atoms with Crippen LogP contribution in [0.5, 0.6) is 0 Å². The summed E-state index contributed by atoms with van der Waals surface area (Å²) >= 11 is 1.74. The summed E-state index contributed by atoms with van der Waals surface area (Å²) in [6, 6.07) is 13.9. The highest BCUT2D eigenvalue weighted by molar-refractivity contribution is 7.98. The number of benzene rings is 2. The maximum atomic E-state index is 11.7. The highest BCUT2D eigenvalue weighted by atomic mass is 32.2. The Morgan fingerprint density at radius 2 is 1.95 bits per heavy atom. The smallest absolute Gasteiger partial charge is 0.265 e. The fourth-order valence-electron chi connectivity index (χ4n) is 1.96. The molecule has 0 bridgehead atoms. The fourth-order valence-corrected chi connectivity index (χ4v) is 3.09. The fraction of sp³-hybridized carbons (Fsp3) is 0.188. The van der Waals surface area contributed by atoms with Crippen LogP contribution in [0.4, 0.5) is 0 Å². The number of amides is 1. The molecule has 0 radical (unpaired) electrons. The third-order valence-corrected chi connectivity index (χ3v) is 4.33. The Morgan fingerprint density at radius 1 is 1.20 bits per heavy atom. The van der Waals surface area contributed by atoms with Gasteiger partial charge in [-0.05, 0) is 37.1 Å². The number of nitrogen functional groups attached to an aromatic ring is 1. The first-order valence-electron chi connectivity index (χ1n) is 6.40. The van der Waals surface area contributed by atoms with Crippen molar-refractivity contribution in [3.05, 3.63) is 64.7 Å². The predicted octanol–water partition coefficient (Wildman–Crippen LogP) is 3.20. The van der Waals surface area contributed by atoms with Gasteiger partial charge in [0.25, 0.3) is 5.91 Å². The van der Waals surface area contributed by atoms with Crippen molar-refractivity contribution in [2.24, 2.45) is 5.84 Å². The highest BCUT2D eigenvalue weighted by Crippen LogP contribution is 2.28. The number of carbonyl (C=O) groups excluding carboxylic acids is 1. The molecule has 0 aliphatic rings. The lowest BCUT2D eigenvalue weighted by Crippen LogP contribution is -2.30. The van der Waals surface area contributed by atoms with E-state index in [2.05, 4.69) is 37.5 Å². The van der Waals surface area contributed by atoms with Crippen molar-refractivity contribution in [1.82, 2.24) is 5.43 Å². The topological polar surface area (TPSA) is 55.1 Å². The van der Waals surface area contributed by atoms with Crippen LogP contribution in [0.3, 0.4) is 0 Å². The quantitative estimate of drug-likeness (QED) is 0.393. The van der Waals surface area contributed by atoms with Crippen LogP contribution in [-0.4, -0.2) is 5.91 Å². The van der Waals surface area contributed by atoms with Crippen molar-refractivity contribution in [2.45, 2.75) is 24.5 Å². The maximum Gasteiger partial charge on any atom is 0.265 e. The number of hydrogen-bond donors (Lipinski definition) is 2. The first kappa shape index (κ1) is 14.6. The predicted molar refractivity (Wildman–Crippen MR) is 83.6 cm³/mol. The molecule has 1 amide bonds. The molecule has 2 rings (SSSR count). The lowest BCUT2D eigenvalue weighted by Gasteiger charge is -2.10. The molecular formula is C16H18N2OS. The minimum Gasteiger partial charge on any atom is -0.290 e. The second-order valence-corrected chi connectivity index (χ2v) is 5.71. The molecule has 4 heteroatoms. The second-order valence-electron chi connectivity index (χ2n) is 4.69. The Kier molecular flexibility index (Phi) is 4.82. The van der Waals surface area contributed by atoms with Crippen LogP contribution in [0, 0.1) is 13.8 Å². The van der Waals surface area contributed by atoms with Gasteiger partial charge in [-0.25, -0.2) is 5.84 Å². The lowest BCUT2D eigenvalue weighted by molar-refractivity contribution is 0.0953. The summed E-state index contributed by atoms with van der Waals surface area (Å²) < 4.78 is 0. The minimum absolute atomic E-state index is 0.248. The van der Waals surface area contributed by atoms with Crippen LogP contribution in [-0.2, 0) is 5.75 Å². The molecule has 0 saturated heterocycles. The van der Waals surface area contributed by atoms with Gasteiger partial charge in [0.15, 0.2) is 0 Å². The van der Waals surface area contributed by atoms with Crippen molar-refractivity contribution in [2.75, 3.05) is 0 Å². The third kappa shape index (κ3) is 3.40. The van der Waals surface area contributed by atoms with Crippen molar-refractivity contribution >= 4 is 17.7 Å². The number of thioether (sulfide) groups is 1. The summed E-state index contributed by atoms with van der Waals surface area (Å²) in [7, 11) is 0. The molecule has 0 unspecified atom stereocenters. The number of nitrogens with two attached hydrogens (primary N) is 1. The van der Waals surface area contributed by atoms with Gasteiger partial charge in [-0.3, -0.25) is 10.2 Å². The van der Waals surface area contributed by atoms with Crippen molar-refractivity contribution < 1.29 is 4.79 Å². The Hall–Kier alpha value is -1.78. The summed E-state index contributed by atoms with van der Waals surface area (Å²) in [6.07, 6.45) is 0. The van der Waals surface area contributed by atoms with Crippen LogP contribution in [0.2, 0.25) is 0 Å². The van der Waals surface area contributed by atoms with Gasteiger partial charge in [0, 0.05) is 16.2 Å². The maximum absolute atomic E-state index is 11.7. The Morgan fingerprint density at radius 3 is 2.70 bits per heavy atom. The Bertz CT molecular complexity index is 626. The molecule has 2 aromatic carbocycles. The van der Waals surface area contributed by atoms with Crippen LogP contribution in [0.1, 0.15) is 27.0 Å². The van der Waals surface area contributed by atoms with E-state index in [1.165, 1.54) is 16.0 Å². The largest absolute Gasteiger partial charge is 0.290 e. The normalized spacial score (nSPS) is 10.3. The SMILES string of the molecule is Cc1ccc(C)c(SCc2ccccc2C(=O)NN)c1. The van der Waals surface area contributed by atoms with E-state index < -0.39 is 0 Å². The zero-order valence-electron chi connectivity index (χ0n) is 11.6. The number of hydrazine groups is 1. The molecule has 2 aromatic rings. The van der Waals surface area contributed by atoms with Crippen molar-refractivity contribution in [3.8, 4) is 0 Å². The average molecular weight is 286 g/mol.